The number of alkyl halides is 1. The third-order valence-electron chi connectivity index (χ3n) is 1.75. The topological polar surface area (TPSA) is 19.9 Å². The molecule has 0 aromatic carbocycles. The third-order valence-corrected chi connectivity index (χ3v) is 1.75. The first-order chi connectivity index (χ1) is 3.70. The van der Waals surface area contributed by atoms with E-state index in [1.807, 2.05) is 6.92 Å². The maximum atomic E-state index is 12.2. The number of hydrogen-bond donors (Lipinski definition) is 0. The fourth-order valence-corrected chi connectivity index (χ4v) is 1.14. The molecule has 1 saturated carbocycles. The molecule has 8 heavy (non-hydrogen) atoms. The standard InChI is InChI=1S/C6H10FO/c1-4-2-5(7)3-6(4)8/h4-6H,2-3H2,1H3. The fraction of sp³-hybridized carbons (Fsp3) is 1.00. The van der Waals surface area contributed by atoms with Crippen LogP contribution in [0.2, 0.25) is 0 Å². The minimum Gasteiger partial charge on any atom is -0.247 e. The largest absolute Gasteiger partial charge is 0.247 e. The summed E-state index contributed by atoms with van der Waals surface area (Å²) in [6, 6.07) is 0. The van der Waals surface area contributed by atoms with E-state index in [2.05, 4.69) is 0 Å². The van der Waals surface area contributed by atoms with Gasteiger partial charge in [0.2, 0.25) is 0 Å². The Balaban J connectivity index is 2.39. The van der Waals surface area contributed by atoms with Crippen molar-refractivity contribution in [3.8, 4) is 0 Å². The zero-order valence-electron chi connectivity index (χ0n) is 4.93. The van der Waals surface area contributed by atoms with Gasteiger partial charge >= 0.3 is 0 Å². The molecule has 0 aliphatic heterocycles. The van der Waals surface area contributed by atoms with E-state index in [1.54, 1.807) is 0 Å². The van der Waals surface area contributed by atoms with E-state index in [0.717, 1.165) is 0 Å². The van der Waals surface area contributed by atoms with Gasteiger partial charge in [-0.2, -0.15) is 0 Å². The highest BCUT2D eigenvalue weighted by Crippen LogP contribution is 2.27. The number of halogens is 1. The Morgan fingerprint density at radius 3 is 2.25 bits per heavy atom. The van der Waals surface area contributed by atoms with Gasteiger partial charge in [-0.1, -0.05) is 6.92 Å². The van der Waals surface area contributed by atoms with Crippen molar-refractivity contribution in [1.82, 2.24) is 0 Å². The third kappa shape index (κ3) is 0.996. The molecule has 1 radical (unpaired) electrons. The van der Waals surface area contributed by atoms with Crippen LogP contribution in [0.15, 0.2) is 0 Å². The van der Waals surface area contributed by atoms with Crippen molar-refractivity contribution < 1.29 is 9.50 Å². The van der Waals surface area contributed by atoms with Crippen LogP contribution in [-0.4, -0.2) is 12.3 Å². The molecular weight excluding hydrogens is 107 g/mol. The molecule has 0 saturated heterocycles. The first-order valence-corrected chi connectivity index (χ1v) is 3.00. The molecule has 1 rings (SSSR count). The van der Waals surface area contributed by atoms with E-state index >= 15 is 0 Å². The van der Waals surface area contributed by atoms with Crippen molar-refractivity contribution in [2.75, 3.05) is 0 Å². The summed E-state index contributed by atoms with van der Waals surface area (Å²) in [4.78, 5) is 0. The van der Waals surface area contributed by atoms with Crippen LogP contribution in [0, 0.1) is 5.92 Å². The number of rotatable bonds is 0. The first-order valence-electron chi connectivity index (χ1n) is 3.00. The van der Waals surface area contributed by atoms with Gasteiger partial charge in [-0.3, -0.25) is 0 Å². The second kappa shape index (κ2) is 2.02. The normalized spacial score (nSPS) is 47.6. The summed E-state index contributed by atoms with van der Waals surface area (Å²) in [5, 5.41) is 10.6. The van der Waals surface area contributed by atoms with Crippen LogP contribution in [0.1, 0.15) is 19.8 Å². The van der Waals surface area contributed by atoms with Gasteiger partial charge < -0.3 is 0 Å². The van der Waals surface area contributed by atoms with Gasteiger partial charge in [0.05, 0.1) is 6.10 Å². The maximum Gasteiger partial charge on any atom is 0.103 e. The lowest BCUT2D eigenvalue weighted by atomic mass is 10.1. The van der Waals surface area contributed by atoms with Crippen molar-refractivity contribution >= 4 is 0 Å². The SMILES string of the molecule is CC1CC(F)CC1[O]. The molecule has 0 aromatic heterocycles. The van der Waals surface area contributed by atoms with Crippen molar-refractivity contribution in [1.29, 1.82) is 0 Å². The minimum absolute atomic E-state index is 0.0602. The minimum atomic E-state index is -0.813. The summed E-state index contributed by atoms with van der Waals surface area (Å²) in [5.74, 6) is 0.0602. The molecule has 0 spiro atoms. The smallest absolute Gasteiger partial charge is 0.103 e. The van der Waals surface area contributed by atoms with E-state index in [0.29, 0.717) is 6.42 Å². The van der Waals surface area contributed by atoms with Gasteiger partial charge in [-0.25, -0.2) is 9.50 Å². The molecule has 47 valence electrons. The molecule has 2 heteroatoms. The molecule has 0 N–H and O–H groups in total. The van der Waals surface area contributed by atoms with Gasteiger partial charge in [0.25, 0.3) is 0 Å². The van der Waals surface area contributed by atoms with Crippen molar-refractivity contribution in [2.45, 2.75) is 32.0 Å². The second-order valence-corrected chi connectivity index (χ2v) is 2.58. The Hall–Kier alpha value is -0.110. The Labute approximate surface area is 48.5 Å². The molecule has 1 aliphatic carbocycles. The van der Waals surface area contributed by atoms with Crippen LogP contribution >= 0.6 is 0 Å². The molecule has 1 fully saturated rings. The van der Waals surface area contributed by atoms with E-state index in [1.165, 1.54) is 0 Å². The Morgan fingerprint density at radius 1 is 1.50 bits per heavy atom. The average Bonchev–Trinajstić information content (AvgIpc) is 1.85. The van der Waals surface area contributed by atoms with Crippen molar-refractivity contribution in [3.63, 3.8) is 0 Å². The summed E-state index contributed by atoms with van der Waals surface area (Å²) in [6.45, 7) is 1.82. The highest BCUT2D eigenvalue weighted by atomic mass is 19.1. The van der Waals surface area contributed by atoms with Crippen molar-refractivity contribution in [2.24, 2.45) is 5.92 Å². The van der Waals surface area contributed by atoms with Crippen molar-refractivity contribution in [3.05, 3.63) is 0 Å². The first kappa shape index (κ1) is 6.02. The van der Waals surface area contributed by atoms with Crippen LogP contribution in [0.5, 0.6) is 0 Å². The van der Waals surface area contributed by atoms with E-state index in [-0.39, 0.29) is 12.3 Å². The molecule has 3 unspecified atom stereocenters. The van der Waals surface area contributed by atoms with E-state index in [4.69, 9.17) is 0 Å². The summed E-state index contributed by atoms with van der Waals surface area (Å²) in [5.41, 5.74) is 0. The highest BCUT2D eigenvalue weighted by molar-refractivity contribution is 4.79. The van der Waals surface area contributed by atoms with Gasteiger partial charge in [0.1, 0.15) is 6.17 Å². The van der Waals surface area contributed by atoms with Gasteiger partial charge in [-0.05, 0) is 12.3 Å². The van der Waals surface area contributed by atoms with Crippen LogP contribution in [0.25, 0.3) is 0 Å². The maximum absolute atomic E-state index is 12.2. The molecule has 3 atom stereocenters. The van der Waals surface area contributed by atoms with E-state index in [9.17, 15) is 9.50 Å². The average molecular weight is 117 g/mol. The molecule has 0 heterocycles. The Bertz CT molecular complexity index is 74.6. The van der Waals surface area contributed by atoms with Crippen LogP contribution in [0.4, 0.5) is 4.39 Å². The molecular formula is C6H10FO. The van der Waals surface area contributed by atoms with E-state index < -0.39 is 12.3 Å². The fourth-order valence-electron chi connectivity index (χ4n) is 1.14. The summed E-state index contributed by atoms with van der Waals surface area (Å²) >= 11 is 0. The zero-order valence-corrected chi connectivity index (χ0v) is 4.93. The predicted octanol–water partition coefficient (Wildman–Crippen LogP) is 1.55. The summed E-state index contributed by atoms with van der Waals surface area (Å²) in [7, 11) is 0. The predicted molar refractivity (Wildman–Crippen MR) is 27.8 cm³/mol. The van der Waals surface area contributed by atoms with Gasteiger partial charge in [0, 0.05) is 6.42 Å². The zero-order chi connectivity index (χ0) is 6.15. The second-order valence-electron chi connectivity index (χ2n) is 2.58. The van der Waals surface area contributed by atoms with Gasteiger partial charge in [0.15, 0.2) is 0 Å². The molecule has 0 aromatic rings. The highest BCUT2D eigenvalue weighted by Gasteiger charge is 2.30. The molecule has 0 amide bonds. The summed E-state index contributed by atoms with van der Waals surface area (Å²) < 4.78 is 12.2. The monoisotopic (exact) mass is 117 g/mol. The lowest BCUT2D eigenvalue weighted by molar-refractivity contribution is 0.0596. The lowest BCUT2D eigenvalue weighted by Gasteiger charge is -2.00. The van der Waals surface area contributed by atoms with Crippen LogP contribution < -0.4 is 0 Å². The number of hydrogen-bond acceptors (Lipinski definition) is 0. The lowest BCUT2D eigenvalue weighted by Crippen LogP contribution is -2.06. The molecule has 1 aliphatic rings. The Kier molecular flexibility index (Phi) is 1.52. The molecule has 1 nitrogen and oxygen atoms in total. The Morgan fingerprint density at radius 2 is 2.12 bits per heavy atom. The quantitative estimate of drug-likeness (QED) is 0.458. The van der Waals surface area contributed by atoms with Gasteiger partial charge in [-0.15, -0.1) is 0 Å². The van der Waals surface area contributed by atoms with Crippen LogP contribution in [-0.2, 0) is 5.11 Å². The van der Waals surface area contributed by atoms with Crippen LogP contribution in [0.3, 0.4) is 0 Å². The summed E-state index contributed by atoms with van der Waals surface area (Å²) in [6.07, 6.45) is -0.729. The molecule has 0 bridgehead atoms.